The van der Waals surface area contributed by atoms with Crippen molar-refractivity contribution in [1.82, 2.24) is 9.88 Å². The quantitative estimate of drug-likeness (QED) is 0.666. The van der Waals surface area contributed by atoms with Gasteiger partial charge in [0.2, 0.25) is 5.78 Å². The Bertz CT molecular complexity index is 1120. The Morgan fingerprint density at radius 3 is 2.66 bits per heavy atom. The summed E-state index contributed by atoms with van der Waals surface area (Å²) in [6, 6.07) is 11.3. The van der Waals surface area contributed by atoms with Crippen LogP contribution in [-0.4, -0.2) is 26.7 Å². The number of aliphatic hydroxyl groups excluding tert-OH is 1. The number of aryl methyl sites for hydroxylation is 1. The molecule has 29 heavy (non-hydrogen) atoms. The molecule has 0 saturated carbocycles. The molecule has 1 aromatic carbocycles. The van der Waals surface area contributed by atoms with Crippen molar-refractivity contribution in [2.24, 2.45) is 0 Å². The van der Waals surface area contributed by atoms with Crippen molar-refractivity contribution in [3.05, 3.63) is 101 Å². The molecule has 1 aliphatic rings. The third-order valence-corrected chi connectivity index (χ3v) is 4.79. The second kappa shape index (κ2) is 7.35. The van der Waals surface area contributed by atoms with Crippen LogP contribution < -0.4 is 0 Å². The minimum atomic E-state index is -1.10. The first kappa shape index (κ1) is 18.6. The minimum absolute atomic E-state index is 0.0265. The molecule has 0 aliphatic carbocycles. The summed E-state index contributed by atoms with van der Waals surface area (Å²) in [5.41, 5.74) is 0.580. The lowest BCUT2D eigenvalue weighted by atomic mass is 9.94. The molecular weight excluding hydrogens is 375 g/mol. The Morgan fingerprint density at radius 1 is 1.21 bits per heavy atom. The Hall–Kier alpha value is -3.74. The number of ketones is 1. The summed E-state index contributed by atoms with van der Waals surface area (Å²) < 4.78 is 20.0. The molecule has 2 aromatic heterocycles. The number of carbonyl (C=O) groups excluding carboxylic acids is 2. The molecule has 0 spiro atoms. The molecule has 0 saturated heterocycles. The van der Waals surface area contributed by atoms with Gasteiger partial charge in [0, 0.05) is 24.5 Å². The average molecular weight is 392 g/mol. The first-order chi connectivity index (χ1) is 14.0. The lowest BCUT2D eigenvalue weighted by Crippen LogP contribution is -2.31. The van der Waals surface area contributed by atoms with Gasteiger partial charge in [-0.05, 0) is 36.8 Å². The third kappa shape index (κ3) is 3.31. The lowest BCUT2D eigenvalue weighted by molar-refractivity contribution is -0.130. The molecule has 3 heterocycles. The Labute approximate surface area is 165 Å². The maximum Gasteiger partial charge on any atom is 0.290 e. The van der Waals surface area contributed by atoms with Crippen LogP contribution in [0.3, 0.4) is 0 Å². The Balaban J connectivity index is 1.82. The normalized spacial score (nSPS) is 16.6. The number of Topliss-reactive ketones (excluding diaryl/α,β-unsaturated/α-hetero) is 1. The van der Waals surface area contributed by atoms with E-state index in [4.69, 9.17) is 4.42 Å². The van der Waals surface area contributed by atoms with Crippen LogP contribution in [0.15, 0.2) is 76.7 Å². The fourth-order valence-electron chi connectivity index (χ4n) is 3.45. The van der Waals surface area contributed by atoms with E-state index in [0.29, 0.717) is 11.3 Å². The minimum Gasteiger partial charge on any atom is -0.503 e. The molecule has 0 bridgehead atoms. The summed E-state index contributed by atoms with van der Waals surface area (Å²) in [4.78, 5) is 31.2. The van der Waals surface area contributed by atoms with Crippen LogP contribution >= 0.6 is 0 Å². The van der Waals surface area contributed by atoms with E-state index >= 15 is 0 Å². The Morgan fingerprint density at radius 2 is 2.00 bits per heavy atom. The van der Waals surface area contributed by atoms with Crippen LogP contribution in [0.4, 0.5) is 4.39 Å². The highest BCUT2D eigenvalue weighted by Gasteiger charge is 2.45. The zero-order chi connectivity index (χ0) is 20.5. The predicted octanol–water partition coefficient (Wildman–Crippen LogP) is 3.90. The molecule has 1 aliphatic heterocycles. The second-order valence-corrected chi connectivity index (χ2v) is 6.72. The summed E-state index contributed by atoms with van der Waals surface area (Å²) in [6.45, 7) is 1.72. The highest BCUT2D eigenvalue weighted by Crippen LogP contribution is 2.40. The zero-order valence-corrected chi connectivity index (χ0v) is 15.5. The lowest BCUT2D eigenvalue weighted by Gasteiger charge is -2.27. The van der Waals surface area contributed by atoms with E-state index in [1.54, 1.807) is 43.6 Å². The van der Waals surface area contributed by atoms with E-state index < -0.39 is 29.3 Å². The van der Waals surface area contributed by atoms with Gasteiger partial charge in [-0.3, -0.25) is 14.6 Å². The number of halogens is 1. The number of hydrogen-bond acceptors (Lipinski definition) is 5. The number of carbonyl (C=O) groups is 2. The van der Waals surface area contributed by atoms with Gasteiger partial charge in [-0.25, -0.2) is 4.39 Å². The SMILES string of the molecule is Cc1ccc(C(=O)C2=C(O)C(=O)N(Cc3cccnc3)[C@H]2c2ccccc2F)o1. The van der Waals surface area contributed by atoms with Gasteiger partial charge < -0.3 is 14.4 Å². The summed E-state index contributed by atoms with van der Waals surface area (Å²) in [5, 5.41) is 10.6. The molecule has 3 aromatic rings. The number of aliphatic hydroxyl groups is 1. The van der Waals surface area contributed by atoms with Crippen molar-refractivity contribution in [2.45, 2.75) is 19.5 Å². The molecule has 0 radical (unpaired) electrons. The van der Waals surface area contributed by atoms with Gasteiger partial charge in [-0.1, -0.05) is 24.3 Å². The number of rotatable bonds is 5. The second-order valence-electron chi connectivity index (χ2n) is 6.72. The average Bonchev–Trinajstić information content (AvgIpc) is 3.26. The van der Waals surface area contributed by atoms with Gasteiger partial charge in [0.15, 0.2) is 11.5 Å². The maximum absolute atomic E-state index is 14.7. The zero-order valence-electron chi connectivity index (χ0n) is 15.5. The van der Waals surface area contributed by atoms with Crippen molar-refractivity contribution in [3.63, 3.8) is 0 Å². The molecule has 1 amide bonds. The maximum atomic E-state index is 14.7. The first-order valence-corrected chi connectivity index (χ1v) is 8.96. The number of pyridine rings is 1. The molecule has 1 atom stereocenters. The van der Waals surface area contributed by atoms with Crippen molar-refractivity contribution < 1.29 is 23.5 Å². The van der Waals surface area contributed by atoms with Gasteiger partial charge in [-0.15, -0.1) is 0 Å². The van der Waals surface area contributed by atoms with E-state index in [-0.39, 0.29) is 23.4 Å². The van der Waals surface area contributed by atoms with Gasteiger partial charge in [0.1, 0.15) is 11.6 Å². The molecule has 4 rings (SSSR count). The fourth-order valence-corrected chi connectivity index (χ4v) is 3.45. The third-order valence-electron chi connectivity index (χ3n) is 4.79. The van der Waals surface area contributed by atoms with Gasteiger partial charge in [0.25, 0.3) is 5.91 Å². The molecule has 0 unspecified atom stereocenters. The number of aromatic nitrogens is 1. The number of benzene rings is 1. The van der Waals surface area contributed by atoms with Crippen molar-refractivity contribution in [3.8, 4) is 0 Å². The van der Waals surface area contributed by atoms with Crippen molar-refractivity contribution in [1.29, 1.82) is 0 Å². The van der Waals surface area contributed by atoms with Crippen LogP contribution in [-0.2, 0) is 11.3 Å². The van der Waals surface area contributed by atoms with Crippen LogP contribution in [0.2, 0.25) is 0 Å². The van der Waals surface area contributed by atoms with Crippen molar-refractivity contribution >= 4 is 11.7 Å². The first-order valence-electron chi connectivity index (χ1n) is 8.96. The molecule has 7 heteroatoms. The smallest absolute Gasteiger partial charge is 0.290 e. The monoisotopic (exact) mass is 392 g/mol. The molecule has 0 fully saturated rings. The highest BCUT2D eigenvalue weighted by atomic mass is 19.1. The number of hydrogen-bond donors (Lipinski definition) is 1. The Kier molecular flexibility index (Phi) is 4.72. The van der Waals surface area contributed by atoms with Crippen LogP contribution in [0.5, 0.6) is 0 Å². The van der Waals surface area contributed by atoms with Crippen LogP contribution in [0.25, 0.3) is 0 Å². The largest absolute Gasteiger partial charge is 0.503 e. The van der Waals surface area contributed by atoms with Gasteiger partial charge in [-0.2, -0.15) is 0 Å². The van der Waals surface area contributed by atoms with Crippen molar-refractivity contribution in [2.75, 3.05) is 0 Å². The number of furan rings is 1. The van der Waals surface area contributed by atoms with Gasteiger partial charge in [0.05, 0.1) is 11.6 Å². The summed E-state index contributed by atoms with van der Waals surface area (Å²) in [6.07, 6.45) is 3.16. The summed E-state index contributed by atoms with van der Waals surface area (Å²) >= 11 is 0. The predicted molar refractivity (Wildman–Crippen MR) is 101 cm³/mol. The van der Waals surface area contributed by atoms with E-state index in [0.717, 1.165) is 0 Å². The standard InChI is InChI=1S/C22H17FN2O4/c1-13-8-9-17(29-13)20(26)18-19(15-6-2-3-7-16(15)23)25(22(28)21(18)27)12-14-5-4-10-24-11-14/h2-11,19,27H,12H2,1H3/t19-/m0/s1. The summed E-state index contributed by atoms with van der Waals surface area (Å²) in [7, 11) is 0. The van der Waals surface area contributed by atoms with E-state index in [1.807, 2.05) is 0 Å². The van der Waals surface area contributed by atoms with E-state index in [9.17, 15) is 19.1 Å². The van der Waals surface area contributed by atoms with Gasteiger partial charge >= 0.3 is 0 Å². The molecular formula is C22H17FN2O4. The van der Waals surface area contributed by atoms with E-state index in [1.165, 1.54) is 29.2 Å². The molecule has 146 valence electrons. The number of amides is 1. The van der Waals surface area contributed by atoms with Crippen LogP contribution in [0.1, 0.15) is 33.5 Å². The highest BCUT2D eigenvalue weighted by molar-refractivity contribution is 6.15. The van der Waals surface area contributed by atoms with Crippen LogP contribution in [0, 0.1) is 12.7 Å². The number of nitrogens with zero attached hydrogens (tertiary/aromatic N) is 2. The molecule has 6 nitrogen and oxygen atoms in total. The summed E-state index contributed by atoms with van der Waals surface area (Å²) in [5.74, 6) is -2.23. The fraction of sp³-hybridized carbons (Fsp3) is 0.136. The molecule has 1 N–H and O–H groups in total. The topological polar surface area (TPSA) is 83.6 Å². The van der Waals surface area contributed by atoms with E-state index in [2.05, 4.69) is 4.98 Å².